The summed E-state index contributed by atoms with van der Waals surface area (Å²) in [6.45, 7) is 4.36. The molecule has 0 saturated carbocycles. The number of rotatable bonds is 9. The van der Waals surface area contributed by atoms with E-state index in [-0.39, 0.29) is 28.6 Å². The third kappa shape index (κ3) is 6.35. The van der Waals surface area contributed by atoms with Gasteiger partial charge < -0.3 is 35.9 Å². The summed E-state index contributed by atoms with van der Waals surface area (Å²) in [5.41, 5.74) is 6.50. The number of benzene rings is 4. The van der Waals surface area contributed by atoms with Crippen LogP contribution in [0.4, 0.5) is 11.4 Å². The maximum absolute atomic E-state index is 5.64. The molecule has 4 aromatic rings. The molecule has 35 heavy (non-hydrogen) atoms. The van der Waals surface area contributed by atoms with Crippen LogP contribution in [0.25, 0.3) is 10.6 Å². The van der Waals surface area contributed by atoms with Gasteiger partial charge in [0.15, 0.2) is 0 Å². The summed E-state index contributed by atoms with van der Waals surface area (Å²) in [4.78, 5) is 1.49. The Kier molecular flexibility index (Phi) is 9.97. The fraction of sp³-hybridized carbons (Fsp3) is 0.200. The van der Waals surface area contributed by atoms with Crippen LogP contribution in [0.3, 0.4) is 0 Å². The van der Waals surface area contributed by atoms with Crippen molar-refractivity contribution in [2.75, 3.05) is 0 Å². The van der Waals surface area contributed by atoms with Crippen LogP contribution in [0.5, 0.6) is 0 Å². The summed E-state index contributed by atoms with van der Waals surface area (Å²) < 4.78 is 0. The molecule has 0 fully saturated rings. The minimum atomic E-state index is -0.248. The summed E-state index contributed by atoms with van der Waals surface area (Å²) in [6.07, 6.45) is 1.83. The zero-order valence-corrected chi connectivity index (χ0v) is 22.5. The molecule has 0 amide bonds. The monoisotopic (exact) mass is 538 g/mol. The van der Waals surface area contributed by atoms with Gasteiger partial charge in [0.25, 0.3) is 0 Å². The molecule has 0 saturated heterocycles. The first-order chi connectivity index (χ1) is 16.6. The minimum Gasteiger partial charge on any atom is -0.781 e. The second-order valence-corrected chi connectivity index (χ2v) is 9.07. The summed E-state index contributed by atoms with van der Waals surface area (Å²) in [6, 6.07) is 32.3. The fourth-order valence-corrected chi connectivity index (χ4v) is 4.74. The maximum Gasteiger partial charge on any atom is 0 e. The Morgan fingerprint density at radius 2 is 0.886 bits per heavy atom. The van der Waals surface area contributed by atoms with Gasteiger partial charge >= 0.3 is 0 Å². The smallest absolute Gasteiger partial charge is 0 e. The zero-order valence-electron chi connectivity index (χ0n) is 19.8. The standard InChI is InChI=1S/C30H30N2S2.Ni/c1-3-21-13-5-7-15-23(21)29(31-25-17-9-11-19-27(25)33)30(24-16-8-6-14-22(24)4-2)32-26-18-10-12-20-28(26)34;/h5-20,29-30,33-34H,3-4H2,1-2H3;/q-2;/p-2. The van der Waals surface area contributed by atoms with E-state index in [4.69, 9.17) is 35.9 Å². The van der Waals surface area contributed by atoms with Crippen molar-refractivity contribution in [3.05, 3.63) is 130 Å². The molecular formula is C30H28N2NiS2-4. The molecule has 2 unspecified atom stereocenters. The van der Waals surface area contributed by atoms with Gasteiger partial charge in [-0.05, 0) is 24.0 Å². The van der Waals surface area contributed by atoms with E-state index in [1.807, 2.05) is 48.5 Å². The normalized spacial score (nSPS) is 12.3. The second kappa shape index (κ2) is 12.9. The topological polar surface area (TPSA) is 28.2 Å². The number of para-hydroxylation sites is 2. The Morgan fingerprint density at radius 1 is 0.543 bits per heavy atom. The molecular weight excluding hydrogens is 511 g/mol. The van der Waals surface area contributed by atoms with Crippen molar-refractivity contribution in [3.8, 4) is 0 Å². The third-order valence-electron chi connectivity index (χ3n) is 6.10. The van der Waals surface area contributed by atoms with Crippen molar-refractivity contribution in [3.63, 3.8) is 0 Å². The van der Waals surface area contributed by atoms with Crippen LogP contribution < -0.4 is 0 Å². The SMILES string of the molecule is CCc1ccccc1C([N-]c1ccccc1[S-])C([N-]c1ccccc1[S-])c1ccccc1CC.[Ni]. The van der Waals surface area contributed by atoms with Crippen LogP contribution >= 0.6 is 0 Å². The van der Waals surface area contributed by atoms with E-state index >= 15 is 0 Å². The molecule has 5 heteroatoms. The van der Waals surface area contributed by atoms with Gasteiger partial charge in [-0.2, -0.15) is 21.2 Å². The summed E-state index contributed by atoms with van der Waals surface area (Å²) in [5, 5.41) is 10.6. The van der Waals surface area contributed by atoms with Gasteiger partial charge in [0.05, 0.1) is 0 Å². The van der Waals surface area contributed by atoms with Crippen LogP contribution in [0.2, 0.25) is 0 Å². The van der Waals surface area contributed by atoms with Crippen LogP contribution in [0, 0.1) is 0 Å². The van der Waals surface area contributed by atoms with E-state index in [0.717, 1.165) is 34.0 Å². The molecule has 0 aromatic heterocycles. The molecule has 4 aromatic carbocycles. The Bertz CT molecular complexity index is 1150. The average molecular weight is 539 g/mol. The third-order valence-corrected chi connectivity index (χ3v) is 6.79. The van der Waals surface area contributed by atoms with Crippen LogP contribution in [-0.2, 0) is 54.6 Å². The molecule has 0 heterocycles. The molecule has 0 aliphatic carbocycles. The van der Waals surface area contributed by atoms with Crippen molar-refractivity contribution in [2.24, 2.45) is 0 Å². The summed E-state index contributed by atoms with van der Waals surface area (Å²) in [7, 11) is 0. The molecule has 0 aliphatic heterocycles. The molecule has 0 N–H and O–H groups in total. The van der Waals surface area contributed by atoms with Crippen molar-refractivity contribution in [1.29, 1.82) is 0 Å². The molecule has 0 bridgehead atoms. The van der Waals surface area contributed by atoms with Crippen LogP contribution in [-0.4, -0.2) is 0 Å². The maximum atomic E-state index is 5.64. The molecule has 4 rings (SSSR count). The van der Waals surface area contributed by atoms with Crippen LogP contribution in [0.15, 0.2) is 107 Å². The average Bonchev–Trinajstić information content (AvgIpc) is 2.88. The van der Waals surface area contributed by atoms with Crippen molar-refractivity contribution >= 4 is 36.6 Å². The molecule has 184 valence electrons. The predicted octanol–water partition coefficient (Wildman–Crippen LogP) is 8.81. The number of aryl methyl sites for hydroxylation is 2. The quantitative estimate of drug-likeness (QED) is 0.157. The Hall–Kier alpha value is -2.59. The Labute approximate surface area is 230 Å². The van der Waals surface area contributed by atoms with E-state index in [9.17, 15) is 0 Å². The van der Waals surface area contributed by atoms with Crippen molar-refractivity contribution in [2.45, 2.75) is 48.6 Å². The Morgan fingerprint density at radius 3 is 1.26 bits per heavy atom. The molecule has 0 spiro atoms. The minimum absolute atomic E-state index is 0. The first kappa shape index (κ1) is 27.0. The fourth-order valence-electron chi connectivity index (χ4n) is 4.34. The van der Waals surface area contributed by atoms with E-state index in [1.165, 1.54) is 22.3 Å². The van der Waals surface area contributed by atoms with Gasteiger partial charge in [-0.3, -0.25) is 0 Å². The zero-order chi connectivity index (χ0) is 23.9. The van der Waals surface area contributed by atoms with E-state index in [1.54, 1.807) is 0 Å². The molecule has 2 atom stereocenters. The van der Waals surface area contributed by atoms with Crippen molar-refractivity contribution < 1.29 is 16.5 Å². The molecule has 2 nitrogen and oxygen atoms in total. The number of hydrogen-bond donors (Lipinski definition) is 0. The van der Waals surface area contributed by atoms with E-state index < -0.39 is 0 Å². The number of hydrogen-bond acceptors (Lipinski definition) is 2. The van der Waals surface area contributed by atoms with Gasteiger partial charge in [-0.25, -0.2) is 0 Å². The second-order valence-electron chi connectivity index (χ2n) is 8.19. The van der Waals surface area contributed by atoms with Crippen LogP contribution in [0.1, 0.15) is 48.2 Å². The van der Waals surface area contributed by atoms with Gasteiger partial charge in [-0.15, -0.1) is 12.1 Å². The largest absolute Gasteiger partial charge is 0.781 e. The molecule has 0 radical (unpaired) electrons. The van der Waals surface area contributed by atoms with E-state index in [2.05, 4.69) is 62.4 Å². The van der Waals surface area contributed by atoms with Gasteiger partial charge in [0.2, 0.25) is 0 Å². The van der Waals surface area contributed by atoms with Gasteiger partial charge in [0.1, 0.15) is 0 Å². The van der Waals surface area contributed by atoms with E-state index in [0.29, 0.717) is 0 Å². The Balaban J connectivity index is 0.00000342. The molecule has 0 aliphatic rings. The summed E-state index contributed by atoms with van der Waals surface area (Å²) >= 11 is 11.3. The predicted molar refractivity (Wildman–Crippen MR) is 147 cm³/mol. The van der Waals surface area contributed by atoms with Gasteiger partial charge in [0, 0.05) is 16.5 Å². The van der Waals surface area contributed by atoms with Gasteiger partial charge in [-0.1, -0.05) is 122 Å². The first-order valence-electron chi connectivity index (χ1n) is 11.7. The first-order valence-corrected chi connectivity index (χ1v) is 12.5. The number of nitrogens with zero attached hydrogens (tertiary/aromatic N) is 2. The summed E-state index contributed by atoms with van der Waals surface area (Å²) in [5.74, 6) is 0. The van der Waals surface area contributed by atoms with Crippen molar-refractivity contribution in [1.82, 2.24) is 0 Å².